The second-order valence-corrected chi connectivity index (χ2v) is 7.96. The van der Waals surface area contributed by atoms with E-state index in [2.05, 4.69) is 20.3 Å². The number of allylic oxidation sites excluding steroid dienone is 1. The van der Waals surface area contributed by atoms with Crippen LogP contribution in [-0.4, -0.2) is 46.5 Å². The van der Waals surface area contributed by atoms with E-state index in [1.807, 2.05) is 30.3 Å². The number of ether oxygens (including phenoxy) is 1. The van der Waals surface area contributed by atoms with Crippen molar-refractivity contribution in [2.24, 2.45) is 9.98 Å². The van der Waals surface area contributed by atoms with Crippen LogP contribution in [0.4, 0.5) is 8.78 Å². The molecule has 0 spiro atoms. The lowest BCUT2D eigenvalue weighted by atomic mass is 10.0. The number of carbonyl (C=O) groups excluding carboxylic acids is 2. The van der Waals surface area contributed by atoms with Gasteiger partial charge in [-0.2, -0.15) is 0 Å². The van der Waals surface area contributed by atoms with Gasteiger partial charge in [0.25, 0.3) is 11.8 Å². The number of fused-ring (bicyclic) bond motifs is 1. The maximum atomic E-state index is 13.4. The first-order chi connectivity index (χ1) is 17.5. The van der Waals surface area contributed by atoms with Gasteiger partial charge in [0.1, 0.15) is 5.75 Å². The number of rotatable bonds is 5. The predicted molar refractivity (Wildman–Crippen MR) is 128 cm³/mol. The van der Waals surface area contributed by atoms with Gasteiger partial charge in [-0.3, -0.25) is 9.59 Å². The van der Waals surface area contributed by atoms with Crippen LogP contribution in [0.15, 0.2) is 88.6 Å². The second kappa shape index (κ2) is 9.87. The SMILES string of the molecule is O=C(NC1N=CC2=CN(C(=O)c3ccc(Oc4ccccc4)nc3)CCC2=N1)c1ccc(F)c(F)c1. The van der Waals surface area contributed by atoms with Crippen molar-refractivity contribution in [2.75, 3.05) is 6.54 Å². The number of amides is 2. The zero-order valence-electron chi connectivity index (χ0n) is 18.8. The van der Waals surface area contributed by atoms with Gasteiger partial charge in [0.2, 0.25) is 12.2 Å². The van der Waals surface area contributed by atoms with E-state index in [1.165, 1.54) is 18.5 Å². The summed E-state index contributed by atoms with van der Waals surface area (Å²) >= 11 is 0. The van der Waals surface area contributed by atoms with E-state index in [0.29, 0.717) is 41.4 Å². The molecular weight excluding hydrogens is 468 g/mol. The van der Waals surface area contributed by atoms with Gasteiger partial charge in [-0.25, -0.2) is 23.7 Å². The highest BCUT2D eigenvalue weighted by Crippen LogP contribution is 2.21. The quantitative estimate of drug-likeness (QED) is 0.586. The van der Waals surface area contributed by atoms with Crippen molar-refractivity contribution in [2.45, 2.75) is 12.7 Å². The van der Waals surface area contributed by atoms with E-state index >= 15 is 0 Å². The van der Waals surface area contributed by atoms with Gasteiger partial charge in [-0.1, -0.05) is 18.2 Å². The number of benzene rings is 2. The Kier molecular flexibility index (Phi) is 6.31. The molecule has 1 N–H and O–H groups in total. The molecule has 2 aliphatic heterocycles. The highest BCUT2D eigenvalue weighted by molar-refractivity contribution is 6.18. The van der Waals surface area contributed by atoms with Crippen molar-refractivity contribution >= 4 is 23.7 Å². The number of nitrogens with one attached hydrogen (secondary N) is 1. The molecule has 0 fully saturated rings. The minimum atomic E-state index is -1.11. The first-order valence-corrected chi connectivity index (χ1v) is 11.0. The fourth-order valence-electron chi connectivity index (χ4n) is 3.67. The molecule has 2 aliphatic rings. The molecule has 3 aromatic rings. The first kappa shape index (κ1) is 23.0. The number of aliphatic imine (C=N–C) groups is 2. The first-order valence-electron chi connectivity index (χ1n) is 11.0. The Labute approximate surface area is 204 Å². The zero-order valence-corrected chi connectivity index (χ0v) is 18.8. The Bertz CT molecular complexity index is 1400. The monoisotopic (exact) mass is 487 g/mol. The standard InChI is InChI=1S/C26H19F2N5O3/c27-20-8-6-16(12-21(20)28)24(34)32-26-30-14-18-15-33(11-10-22(18)31-26)25(35)17-7-9-23(29-13-17)36-19-4-2-1-3-5-19/h1-9,12-15,26H,10-11H2,(H,32,34). The van der Waals surface area contributed by atoms with E-state index in [4.69, 9.17) is 4.74 Å². The molecule has 0 radical (unpaired) electrons. The highest BCUT2D eigenvalue weighted by atomic mass is 19.2. The molecule has 180 valence electrons. The lowest BCUT2D eigenvalue weighted by Crippen LogP contribution is -2.38. The smallest absolute Gasteiger partial charge is 0.259 e. The van der Waals surface area contributed by atoms with Crippen molar-refractivity contribution in [3.63, 3.8) is 0 Å². The molecule has 8 nitrogen and oxygen atoms in total. The summed E-state index contributed by atoms with van der Waals surface area (Å²) in [5, 5.41) is 2.56. The molecule has 2 aromatic carbocycles. The fourth-order valence-corrected chi connectivity index (χ4v) is 3.67. The number of aromatic nitrogens is 1. The number of nitrogens with zero attached hydrogens (tertiary/aromatic N) is 4. The van der Waals surface area contributed by atoms with Gasteiger partial charge in [0.15, 0.2) is 11.6 Å². The van der Waals surface area contributed by atoms with Crippen LogP contribution < -0.4 is 10.1 Å². The topological polar surface area (TPSA) is 96.2 Å². The lowest BCUT2D eigenvalue weighted by molar-refractivity contribution is 0.0822. The molecule has 0 aliphatic carbocycles. The van der Waals surface area contributed by atoms with Crippen LogP contribution in [0.1, 0.15) is 27.1 Å². The van der Waals surface area contributed by atoms with Crippen LogP contribution in [0.3, 0.4) is 0 Å². The average Bonchev–Trinajstić information content (AvgIpc) is 2.90. The number of halogens is 2. The summed E-state index contributed by atoms with van der Waals surface area (Å²) in [7, 11) is 0. The van der Waals surface area contributed by atoms with E-state index < -0.39 is 23.8 Å². The van der Waals surface area contributed by atoms with Gasteiger partial charge in [-0.15, -0.1) is 0 Å². The summed E-state index contributed by atoms with van der Waals surface area (Å²) in [6.07, 6.45) is 4.18. The molecule has 0 saturated heterocycles. The van der Waals surface area contributed by atoms with Crippen LogP contribution in [0.2, 0.25) is 0 Å². The number of pyridine rings is 1. The molecule has 0 saturated carbocycles. The Hall–Kier alpha value is -4.73. The Balaban J connectivity index is 1.23. The summed E-state index contributed by atoms with van der Waals surface area (Å²) in [5.41, 5.74) is 1.68. The van der Waals surface area contributed by atoms with E-state index in [-0.39, 0.29) is 11.5 Å². The number of carbonyl (C=O) groups is 2. The maximum absolute atomic E-state index is 13.4. The minimum absolute atomic E-state index is 0.0418. The Morgan fingerprint density at radius 2 is 1.81 bits per heavy atom. The van der Waals surface area contributed by atoms with Gasteiger partial charge < -0.3 is 15.0 Å². The Morgan fingerprint density at radius 3 is 2.56 bits per heavy atom. The number of para-hydroxylation sites is 1. The molecule has 3 heterocycles. The van der Waals surface area contributed by atoms with Gasteiger partial charge in [0, 0.05) is 48.8 Å². The summed E-state index contributed by atoms with van der Waals surface area (Å²) in [6, 6.07) is 15.4. The summed E-state index contributed by atoms with van der Waals surface area (Å²) < 4.78 is 32.2. The van der Waals surface area contributed by atoms with Gasteiger partial charge >= 0.3 is 0 Å². The largest absolute Gasteiger partial charge is 0.439 e. The average molecular weight is 487 g/mol. The van der Waals surface area contributed by atoms with E-state index in [0.717, 1.165) is 12.1 Å². The van der Waals surface area contributed by atoms with Crippen molar-refractivity contribution < 1.29 is 23.1 Å². The van der Waals surface area contributed by atoms with Crippen LogP contribution >= 0.6 is 0 Å². The van der Waals surface area contributed by atoms with E-state index in [9.17, 15) is 18.4 Å². The molecule has 2 amide bonds. The molecule has 10 heteroatoms. The minimum Gasteiger partial charge on any atom is -0.439 e. The second-order valence-electron chi connectivity index (χ2n) is 7.96. The highest BCUT2D eigenvalue weighted by Gasteiger charge is 2.25. The fraction of sp³-hybridized carbons (Fsp3) is 0.115. The maximum Gasteiger partial charge on any atom is 0.259 e. The molecular formula is C26H19F2N5O3. The third-order valence-corrected chi connectivity index (χ3v) is 5.50. The van der Waals surface area contributed by atoms with Crippen LogP contribution in [0, 0.1) is 11.6 Å². The molecule has 5 rings (SSSR count). The van der Waals surface area contributed by atoms with Crippen molar-refractivity contribution in [1.29, 1.82) is 0 Å². The normalized spacial score (nSPS) is 16.5. The van der Waals surface area contributed by atoms with Crippen molar-refractivity contribution in [3.8, 4) is 11.6 Å². The Morgan fingerprint density at radius 1 is 1.00 bits per heavy atom. The number of hydrogen-bond acceptors (Lipinski definition) is 6. The molecule has 1 atom stereocenters. The molecule has 36 heavy (non-hydrogen) atoms. The van der Waals surface area contributed by atoms with Gasteiger partial charge in [-0.05, 0) is 36.4 Å². The van der Waals surface area contributed by atoms with Crippen molar-refractivity contribution in [3.05, 3.63) is 101 Å². The van der Waals surface area contributed by atoms with Crippen LogP contribution in [0.5, 0.6) is 11.6 Å². The summed E-state index contributed by atoms with van der Waals surface area (Å²) in [5.74, 6) is -1.99. The molecule has 1 unspecified atom stereocenters. The van der Waals surface area contributed by atoms with Crippen LogP contribution in [0.25, 0.3) is 0 Å². The lowest BCUT2D eigenvalue weighted by Gasteiger charge is -2.27. The van der Waals surface area contributed by atoms with Crippen LogP contribution in [-0.2, 0) is 0 Å². The van der Waals surface area contributed by atoms with Gasteiger partial charge in [0.05, 0.1) is 11.3 Å². The number of hydrogen-bond donors (Lipinski definition) is 1. The predicted octanol–water partition coefficient (Wildman–Crippen LogP) is 4.12. The molecule has 1 aromatic heterocycles. The molecule has 0 bridgehead atoms. The third kappa shape index (κ3) is 5.02. The summed E-state index contributed by atoms with van der Waals surface area (Å²) in [4.78, 5) is 39.7. The van der Waals surface area contributed by atoms with E-state index in [1.54, 1.807) is 23.2 Å². The summed E-state index contributed by atoms with van der Waals surface area (Å²) in [6.45, 7) is 0.376. The van der Waals surface area contributed by atoms with Crippen molar-refractivity contribution in [1.82, 2.24) is 15.2 Å². The third-order valence-electron chi connectivity index (χ3n) is 5.50. The zero-order chi connectivity index (χ0) is 25.1.